The maximum atomic E-state index is 12.1. The number of carbonyl (C=O) groups is 1. The third-order valence-electron chi connectivity index (χ3n) is 3.54. The lowest BCUT2D eigenvalue weighted by molar-refractivity contribution is 0.0529. The average molecular weight is 326 g/mol. The number of rotatable bonds is 3. The van der Waals surface area contributed by atoms with Gasteiger partial charge in [-0.2, -0.15) is 4.98 Å². The molecule has 0 aliphatic carbocycles. The zero-order chi connectivity index (χ0) is 14.8. The number of carbonyl (C=O) groups excluding carboxylic acids is 1. The summed E-state index contributed by atoms with van der Waals surface area (Å²) in [5.74, 6) is 0.432. The molecule has 3 heterocycles. The van der Waals surface area contributed by atoms with Gasteiger partial charge in [-0.15, -0.1) is 11.3 Å². The van der Waals surface area contributed by atoms with Crippen LogP contribution in [-0.2, 0) is 4.74 Å². The van der Waals surface area contributed by atoms with Gasteiger partial charge in [-0.3, -0.25) is 0 Å². The molecule has 1 saturated heterocycles. The summed E-state index contributed by atoms with van der Waals surface area (Å²) in [7, 11) is 0. The Morgan fingerprint density at radius 2 is 2.14 bits per heavy atom. The maximum Gasteiger partial charge on any atom is 0.339 e. The van der Waals surface area contributed by atoms with Crippen molar-refractivity contribution in [1.82, 2.24) is 9.97 Å². The van der Waals surface area contributed by atoms with Gasteiger partial charge in [0.05, 0.1) is 17.6 Å². The molecule has 1 fully saturated rings. The first kappa shape index (κ1) is 14.5. The second-order valence-corrected chi connectivity index (χ2v) is 6.11. The molecule has 2 aromatic rings. The van der Waals surface area contributed by atoms with Gasteiger partial charge in [-0.25, -0.2) is 9.78 Å². The number of esters is 1. The van der Waals surface area contributed by atoms with Crippen LogP contribution < -0.4 is 4.90 Å². The van der Waals surface area contributed by atoms with Gasteiger partial charge in [0.25, 0.3) is 0 Å². The number of ether oxygens (including phenoxy) is 1. The molecule has 0 bridgehead atoms. The molecule has 3 rings (SSSR count). The van der Waals surface area contributed by atoms with E-state index in [-0.39, 0.29) is 11.3 Å². The highest BCUT2D eigenvalue weighted by molar-refractivity contribution is 7.17. The maximum absolute atomic E-state index is 12.1. The SMILES string of the molecule is CCOC(=O)c1csc2nc(Cl)nc(N3CCCCC3)c12. The molecule has 1 aliphatic rings. The zero-order valence-corrected chi connectivity index (χ0v) is 13.3. The highest BCUT2D eigenvalue weighted by Crippen LogP contribution is 2.34. The first-order valence-corrected chi connectivity index (χ1v) is 8.33. The van der Waals surface area contributed by atoms with E-state index in [1.807, 2.05) is 0 Å². The summed E-state index contributed by atoms with van der Waals surface area (Å²) in [6.07, 6.45) is 3.48. The van der Waals surface area contributed by atoms with Crippen LogP contribution in [0.4, 0.5) is 5.82 Å². The number of piperidine rings is 1. The Morgan fingerprint density at radius 3 is 2.86 bits per heavy atom. The number of hydrogen-bond donors (Lipinski definition) is 0. The van der Waals surface area contributed by atoms with E-state index in [2.05, 4.69) is 14.9 Å². The van der Waals surface area contributed by atoms with Gasteiger partial charge in [0.2, 0.25) is 5.28 Å². The van der Waals surface area contributed by atoms with Crippen molar-refractivity contribution in [2.24, 2.45) is 0 Å². The third kappa shape index (κ3) is 2.82. The Morgan fingerprint density at radius 1 is 1.38 bits per heavy atom. The van der Waals surface area contributed by atoms with Crippen LogP contribution in [0.3, 0.4) is 0 Å². The summed E-state index contributed by atoms with van der Waals surface area (Å²) in [5.41, 5.74) is 0.536. The molecule has 0 radical (unpaired) electrons. The first-order valence-electron chi connectivity index (χ1n) is 7.07. The molecule has 5 nitrogen and oxygen atoms in total. The summed E-state index contributed by atoms with van der Waals surface area (Å²) in [6.45, 7) is 4.01. The van der Waals surface area contributed by atoms with Gasteiger partial charge in [-0.1, -0.05) is 0 Å². The fourth-order valence-corrected chi connectivity index (χ4v) is 3.71. The van der Waals surface area contributed by atoms with Crippen molar-refractivity contribution in [2.75, 3.05) is 24.6 Å². The van der Waals surface area contributed by atoms with Crippen molar-refractivity contribution in [3.8, 4) is 0 Å². The van der Waals surface area contributed by atoms with Crippen LogP contribution in [0.5, 0.6) is 0 Å². The topological polar surface area (TPSA) is 55.3 Å². The quantitative estimate of drug-likeness (QED) is 0.638. The van der Waals surface area contributed by atoms with Crippen molar-refractivity contribution >= 4 is 44.9 Å². The molecule has 0 amide bonds. The van der Waals surface area contributed by atoms with Gasteiger partial charge >= 0.3 is 5.97 Å². The van der Waals surface area contributed by atoms with Gasteiger partial charge < -0.3 is 9.64 Å². The predicted octanol–water partition coefficient (Wildman–Crippen LogP) is 3.51. The molecule has 21 heavy (non-hydrogen) atoms. The minimum atomic E-state index is -0.326. The second-order valence-electron chi connectivity index (χ2n) is 4.91. The van der Waals surface area contributed by atoms with Crippen molar-refractivity contribution in [3.63, 3.8) is 0 Å². The summed E-state index contributed by atoms with van der Waals surface area (Å²) in [6, 6.07) is 0. The highest BCUT2D eigenvalue weighted by Gasteiger charge is 2.23. The minimum Gasteiger partial charge on any atom is -0.462 e. The van der Waals surface area contributed by atoms with Crippen molar-refractivity contribution in [2.45, 2.75) is 26.2 Å². The molecule has 0 saturated carbocycles. The lowest BCUT2D eigenvalue weighted by Gasteiger charge is -2.28. The van der Waals surface area contributed by atoms with Crippen LogP contribution in [0.2, 0.25) is 5.28 Å². The average Bonchev–Trinajstić information content (AvgIpc) is 2.91. The lowest BCUT2D eigenvalue weighted by Crippen LogP contribution is -2.30. The van der Waals surface area contributed by atoms with Crippen LogP contribution in [0.1, 0.15) is 36.5 Å². The van der Waals surface area contributed by atoms with Crippen LogP contribution in [0.15, 0.2) is 5.38 Å². The van der Waals surface area contributed by atoms with E-state index in [9.17, 15) is 4.79 Å². The smallest absolute Gasteiger partial charge is 0.339 e. The van der Waals surface area contributed by atoms with Crippen LogP contribution in [0, 0.1) is 0 Å². The molecule has 112 valence electrons. The van der Waals surface area contributed by atoms with Crippen LogP contribution in [-0.4, -0.2) is 35.6 Å². The van der Waals surface area contributed by atoms with Crippen molar-refractivity contribution in [3.05, 3.63) is 16.2 Å². The molecular weight excluding hydrogens is 310 g/mol. The second kappa shape index (κ2) is 6.15. The monoisotopic (exact) mass is 325 g/mol. The van der Waals surface area contributed by atoms with Gasteiger partial charge in [0.15, 0.2) is 0 Å². The molecule has 0 N–H and O–H groups in total. The van der Waals surface area contributed by atoms with E-state index in [4.69, 9.17) is 16.3 Å². The fourth-order valence-electron chi connectivity index (χ4n) is 2.59. The number of anilines is 1. The summed E-state index contributed by atoms with van der Waals surface area (Å²) in [4.78, 5) is 23.7. The number of halogens is 1. The molecule has 0 atom stereocenters. The summed E-state index contributed by atoms with van der Waals surface area (Å²) in [5, 5.41) is 2.77. The van der Waals surface area contributed by atoms with Gasteiger partial charge in [0.1, 0.15) is 10.6 Å². The first-order chi connectivity index (χ1) is 10.2. The molecule has 0 spiro atoms. The number of hydrogen-bond acceptors (Lipinski definition) is 6. The van der Waals surface area contributed by atoms with E-state index < -0.39 is 0 Å². The molecule has 2 aromatic heterocycles. The Hall–Kier alpha value is -1.40. The zero-order valence-electron chi connectivity index (χ0n) is 11.8. The summed E-state index contributed by atoms with van der Waals surface area (Å²) >= 11 is 7.43. The van der Waals surface area contributed by atoms with E-state index in [1.165, 1.54) is 17.8 Å². The molecule has 7 heteroatoms. The Labute approximate surface area is 131 Å². The Bertz CT molecular complexity index is 668. The van der Waals surface area contributed by atoms with E-state index >= 15 is 0 Å². The Kier molecular flexibility index (Phi) is 4.26. The number of aromatic nitrogens is 2. The standard InChI is InChI=1S/C14H16ClN3O2S/c1-2-20-13(19)9-8-21-12-10(9)11(16-14(15)17-12)18-6-4-3-5-7-18/h8H,2-7H2,1H3. The molecular formula is C14H16ClN3O2S. The van der Waals surface area contributed by atoms with Crippen molar-refractivity contribution < 1.29 is 9.53 Å². The molecule has 1 aliphatic heterocycles. The van der Waals surface area contributed by atoms with E-state index in [0.29, 0.717) is 12.2 Å². The fraction of sp³-hybridized carbons (Fsp3) is 0.500. The predicted molar refractivity (Wildman–Crippen MR) is 84.4 cm³/mol. The van der Waals surface area contributed by atoms with E-state index in [1.54, 1.807) is 12.3 Å². The molecule has 0 unspecified atom stereocenters. The summed E-state index contributed by atoms with van der Waals surface area (Å²) < 4.78 is 5.13. The largest absolute Gasteiger partial charge is 0.462 e. The number of nitrogens with zero attached hydrogens (tertiary/aromatic N) is 3. The lowest BCUT2D eigenvalue weighted by atomic mass is 10.1. The number of fused-ring (bicyclic) bond motifs is 1. The van der Waals surface area contributed by atoms with Crippen LogP contribution >= 0.6 is 22.9 Å². The van der Waals surface area contributed by atoms with Gasteiger partial charge in [0, 0.05) is 18.5 Å². The highest BCUT2D eigenvalue weighted by atomic mass is 35.5. The normalized spacial score (nSPS) is 15.4. The molecule has 0 aromatic carbocycles. The minimum absolute atomic E-state index is 0.223. The number of thiophene rings is 1. The van der Waals surface area contributed by atoms with Crippen LogP contribution in [0.25, 0.3) is 10.2 Å². The van der Waals surface area contributed by atoms with Gasteiger partial charge in [-0.05, 0) is 37.8 Å². The Balaban J connectivity index is 2.12. The van der Waals surface area contributed by atoms with Crippen molar-refractivity contribution in [1.29, 1.82) is 0 Å². The third-order valence-corrected chi connectivity index (χ3v) is 4.58. The van der Waals surface area contributed by atoms with E-state index in [0.717, 1.165) is 42.0 Å².